The van der Waals surface area contributed by atoms with Crippen LogP contribution in [0.5, 0.6) is 0 Å². The van der Waals surface area contributed by atoms with Crippen molar-refractivity contribution < 1.29 is 0 Å². The van der Waals surface area contributed by atoms with Gasteiger partial charge in [0.2, 0.25) is 0 Å². The summed E-state index contributed by atoms with van der Waals surface area (Å²) < 4.78 is 0. The summed E-state index contributed by atoms with van der Waals surface area (Å²) in [6, 6.07) is 0.190. The van der Waals surface area contributed by atoms with Gasteiger partial charge < -0.3 is 10.2 Å². The number of terminal acetylenes is 1. The van der Waals surface area contributed by atoms with Gasteiger partial charge in [-0.3, -0.25) is 0 Å². The van der Waals surface area contributed by atoms with Crippen LogP contribution in [0.1, 0.15) is 51.9 Å². The lowest BCUT2D eigenvalue weighted by Crippen LogP contribution is -2.58. The molecule has 1 unspecified atom stereocenters. The minimum atomic E-state index is 0.167. The van der Waals surface area contributed by atoms with Crippen molar-refractivity contribution in [2.75, 3.05) is 20.6 Å². The Labute approximate surface area is 107 Å². The highest BCUT2D eigenvalue weighted by atomic mass is 15.2. The van der Waals surface area contributed by atoms with E-state index < -0.39 is 0 Å². The minimum Gasteiger partial charge on any atom is -0.302 e. The highest BCUT2D eigenvalue weighted by Crippen LogP contribution is 2.33. The summed E-state index contributed by atoms with van der Waals surface area (Å²) in [7, 11) is 4.37. The second-order valence-corrected chi connectivity index (χ2v) is 5.47. The summed E-state index contributed by atoms with van der Waals surface area (Å²) in [6.45, 7) is 3.21. The minimum absolute atomic E-state index is 0.167. The first-order valence-corrected chi connectivity index (χ1v) is 7.04. The molecule has 0 radical (unpaired) electrons. The van der Waals surface area contributed by atoms with Crippen molar-refractivity contribution in [3.63, 3.8) is 0 Å². The quantitative estimate of drug-likeness (QED) is 0.583. The van der Waals surface area contributed by atoms with E-state index in [0.717, 1.165) is 13.0 Å². The smallest absolute Gasteiger partial charge is 0.0873 e. The van der Waals surface area contributed by atoms with E-state index in [0.29, 0.717) is 0 Å². The highest BCUT2D eigenvalue weighted by Gasteiger charge is 2.39. The molecule has 2 heteroatoms. The maximum absolute atomic E-state index is 5.78. The van der Waals surface area contributed by atoms with Crippen LogP contribution in [0.15, 0.2) is 0 Å². The Morgan fingerprint density at radius 3 is 2.24 bits per heavy atom. The third kappa shape index (κ3) is 3.47. The van der Waals surface area contributed by atoms with Crippen molar-refractivity contribution in [2.24, 2.45) is 0 Å². The number of nitrogens with zero attached hydrogens (tertiary/aromatic N) is 1. The molecule has 1 saturated carbocycles. The van der Waals surface area contributed by atoms with Crippen LogP contribution >= 0.6 is 0 Å². The van der Waals surface area contributed by atoms with E-state index in [1.807, 2.05) is 0 Å². The molecule has 0 aromatic heterocycles. The first-order valence-electron chi connectivity index (χ1n) is 7.04. The molecule has 1 aliphatic carbocycles. The van der Waals surface area contributed by atoms with E-state index in [9.17, 15) is 0 Å². The lowest BCUT2D eigenvalue weighted by atomic mass is 9.81. The first kappa shape index (κ1) is 14.5. The zero-order chi connectivity index (χ0) is 12.7. The molecule has 1 rings (SSSR count). The van der Waals surface area contributed by atoms with Crippen LogP contribution in [0.4, 0.5) is 0 Å². The normalized spacial score (nSPS) is 21.8. The van der Waals surface area contributed by atoms with E-state index in [1.54, 1.807) is 0 Å². The molecular formula is C15H28N2. The predicted octanol–water partition coefficient (Wildman–Crippen LogP) is 2.64. The van der Waals surface area contributed by atoms with Gasteiger partial charge in [-0.1, -0.05) is 38.5 Å². The summed E-state index contributed by atoms with van der Waals surface area (Å²) in [5, 5.41) is 3.56. The van der Waals surface area contributed by atoms with Gasteiger partial charge in [0.1, 0.15) is 0 Å². The third-order valence-electron chi connectivity index (χ3n) is 4.16. The Hall–Kier alpha value is -0.520. The van der Waals surface area contributed by atoms with E-state index in [4.69, 9.17) is 6.42 Å². The molecule has 0 aliphatic heterocycles. The molecule has 1 aliphatic rings. The largest absolute Gasteiger partial charge is 0.302 e. The molecule has 98 valence electrons. The third-order valence-corrected chi connectivity index (χ3v) is 4.16. The van der Waals surface area contributed by atoms with Crippen molar-refractivity contribution in [1.29, 1.82) is 0 Å². The summed E-state index contributed by atoms with van der Waals surface area (Å²) in [5.74, 6) is 3.00. The Balaban J connectivity index is 2.83. The first-order chi connectivity index (χ1) is 8.17. The molecule has 2 nitrogen and oxygen atoms in total. The zero-order valence-electron chi connectivity index (χ0n) is 11.8. The number of nitrogens with one attached hydrogen (secondary N) is 1. The van der Waals surface area contributed by atoms with Gasteiger partial charge in [-0.2, -0.15) is 0 Å². The molecule has 1 atom stereocenters. The SMILES string of the molecule is C#CC(NCCC)C1(N(C)C)CCCCCC1. The Kier molecular flexibility index (Phi) is 6.02. The maximum Gasteiger partial charge on any atom is 0.0873 e. The van der Waals surface area contributed by atoms with E-state index in [-0.39, 0.29) is 11.6 Å². The van der Waals surface area contributed by atoms with Crippen LogP contribution in [-0.4, -0.2) is 37.1 Å². The topological polar surface area (TPSA) is 15.3 Å². The molecule has 17 heavy (non-hydrogen) atoms. The number of likely N-dealkylation sites (N-methyl/N-ethyl adjacent to an activating group) is 1. The van der Waals surface area contributed by atoms with Crippen LogP contribution in [0.25, 0.3) is 0 Å². The fraction of sp³-hybridized carbons (Fsp3) is 0.867. The van der Waals surface area contributed by atoms with Crippen LogP contribution in [0.3, 0.4) is 0 Å². The molecular weight excluding hydrogens is 208 g/mol. The highest BCUT2D eigenvalue weighted by molar-refractivity contribution is 5.13. The van der Waals surface area contributed by atoms with Gasteiger partial charge >= 0.3 is 0 Å². The van der Waals surface area contributed by atoms with Crippen molar-refractivity contribution in [2.45, 2.75) is 63.5 Å². The number of hydrogen-bond acceptors (Lipinski definition) is 2. The lowest BCUT2D eigenvalue weighted by molar-refractivity contribution is 0.102. The number of hydrogen-bond donors (Lipinski definition) is 1. The summed E-state index contributed by atoms with van der Waals surface area (Å²) in [5.41, 5.74) is 0.167. The van der Waals surface area contributed by atoms with Crippen LogP contribution < -0.4 is 5.32 Å². The summed E-state index contributed by atoms with van der Waals surface area (Å²) in [6.07, 6.45) is 14.7. The zero-order valence-corrected chi connectivity index (χ0v) is 11.8. The molecule has 0 spiro atoms. The van der Waals surface area contributed by atoms with Crippen LogP contribution in [0.2, 0.25) is 0 Å². The molecule has 0 aromatic rings. The van der Waals surface area contributed by atoms with Gasteiger partial charge in [-0.05, 0) is 39.9 Å². The summed E-state index contributed by atoms with van der Waals surface area (Å²) in [4.78, 5) is 2.37. The molecule has 1 N–H and O–H groups in total. The van der Waals surface area contributed by atoms with Gasteiger partial charge in [0.25, 0.3) is 0 Å². The van der Waals surface area contributed by atoms with E-state index in [2.05, 4.69) is 37.2 Å². The Bertz CT molecular complexity index is 244. The monoisotopic (exact) mass is 236 g/mol. The van der Waals surface area contributed by atoms with E-state index >= 15 is 0 Å². The fourth-order valence-corrected chi connectivity index (χ4v) is 3.03. The van der Waals surface area contributed by atoms with Crippen molar-refractivity contribution >= 4 is 0 Å². The van der Waals surface area contributed by atoms with Gasteiger partial charge in [0.15, 0.2) is 0 Å². The van der Waals surface area contributed by atoms with Gasteiger partial charge in [0, 0.05) is 5.54 Å². The maximum atomic E-state index is 5.78. The second-order valence-electron chi connectivity index (χ2n) is 5.47. The van der Waals surface area contributed by atoms with Crippen molar-refractivity contribution in [3.05, 3.63) is 0 Å². The molecule has 0 aromatic carbocycles. The second kappa shape index (κ2) is 7.03. The predicted molar refractivity (Wildman–Crippen MR) is 75.0 cm³/mol. The molecule has 0 bridgehead atoms. The molecule has 0 amide bonds. The molecule has 1 fully saturated rings. The lowest BCUT2D eigenvalue weighted by Gasteiger charge is -2.44. The van der Waals surface area contributed by atoms with Gasteiger partial charge in [0.05, 0.1) is 6.04 Å². The fourth-order valence-electron chi connectivity index (χ4n) is 3.03. The van der Waals surface area contributed by atoms with Crippen LogP contribution in [0, 0.1) is 12.3 Å². The van der Waals surface area contributed by atoms with Crippen molar-refractivity contribution in [3.8, 4) is 12.3 Å². The van der Waals surface area contributed by atoms with E-state index in [1.165, 1.54) is 38.5 Å². The van der Waals surface area contributed by atoms with Crippen molar-refractivity contribution in [1.82, 2.24) is 10.2 Å². The average molecular weight is 236 g/mol. The van der Waals surface area contributed by atoms with Gasteiger partial charge in [-0.15, -0.1) is 6.42 Å². The number of rotatable bonds is 5. The molecule has 0 heterocycles. The van der Waals surface area contributed by atoms with Crippen LogP contribution in [-0.2, 0) is 0 Å². The summed E-state index contributed by atoms with van der Waals surface area (Å²) >= 11 is 0. The Morgan fingerprint density at radius 1 is 1.24 bits per heavy atom. The van der Waals surface area contributed by atoms with Gasteiger partial charge in [-0.25, -0.2) is 0 Å². The average Bonchev–Trinajstić information content (AvgIpc) is 2.57. The molecule has 0 saturated heterocycles. The Morgan fingerprint density at radius 2 is 1.82 bits per heavy atom. The standard InChI is InChI=1S/C15H28N2/c1-5-13-16-14(6-2)15(17(3)4)11-9-7-8-10-12-15/h2,14,16H,5,7-13H2,1,3-4H3.